The van der Waals surface area contributed by atoms with E-state index in [0.29, 0.717) is 41.4 Å². The predicted octanol–water partition coefficient (Wildman–Crippen LogP) is 4.33. The number of benzene rings is 2. The summed E-state index contributed by atoms with van der Waals surface area (Å²) in [5, 5.41) is 14.8. The van der Waals surface area contributed by atoms with Gasteiger partial charge in [-0.05, 0) is 56.2 Å². The van der Waals surface area contributed by atoms with Gasteiger partial charge in [0.05, 0.1) is 18.0 Å². The van der Waals surface area contributed by atoms with E-state index in [1.165, 1.54) is 6.33 Å². The number of aromatic nitrogens is 4. The van der Waals surface area contributed by atoms with Crippen LogP contribution in [0.4, 0.5) is 5.82 Å². The molecule has 0 aliphatic carbocycles. The number of para-hydroxylation sites is 1. The summed E-state index contributed by atoms with van der Waals surface area (Å²) in [6.07, 6.45) is 4.65. The van der Waals surface area contributed by atoms with E-state index in [9.17, 15) is 10.1 Å². The number of rotatable bonds is 6. The number of likely N-dealkylation sites (tertiary alicyclic amines) is 1. The molecule has 0 radical (unpaired) electrons. The highest BCUT2D eigenvalue weighted by Gasteiger charge is 2.32. The van der Waals surface area contributed by atoms with E-state index >= 15 is 0 Å². The molecule has 4 aromatic rings. The van der Waals surface area contributed by atoms with Crippen molar-refractivity contribution in [1.29, 1.82) is 5.26 Å². The SMILES string of the molecule is C/C=C(\C#N)C(=O)N1CCCC1Cn1nc(-c2ccc(Oc3ccccc3)cc2)c2c(N)ncnc21. The molecule has 180 valence electrons. The number of anilines is 1. The van der Waals surface area contributed by atoms with Gasteiger partial charge in [-0.3, -0.25) is 4.79 Å². The van der Waals surface area contributed by atoms with Gasteiger partial charge in [0, 0.05) is 12.1 Å². The highest BCUT2D eigenvalue weighted by molar-refractivity contribution is 5.98. The Morgan fingerprint density at radius 1 is 1.17 bits per heavy atom. The van der Waals surface area contributed by atoms with Gasteiger partial charge in [-0.25, -0.2) is 14.6 Å². The summed E-state index contributed by atoms with van der Waals surface area (Å²) in [6.45, 7) is 2.75. The van der Waals surface area contributed by atoms with E-state index in [0.717, 1.165) is 24.2 Å². The molecule has 0 saturated carbocycles. The third-order valence-electron chi connectivity index (χ3n) is 6.33. The predicted molar refractivity (Wildman–Crippen MR) is 136 cm³/mol. The third-order valence-corrected chi connectivity index (χ3v) is 6.33. The van der Waals surface area contributed by atoms with E-state index < -0.39 is 0 Å². The van der Waals surface area contributed by atoms with Crippen LogP contribution in [0.5, 0.6) is 11.5 Å². The minimum Gasteiger partial charge on any atom is -0.457 e. The number of hydrogen-bond acceptors (Lipinski definition) is 7. The highest BCUT2D eigenvalue weighted by atomic mass is 16.5. The third kappa shape index (κ3) is 4.36. The summed E-state index contributed by atoms with van der Waals surface area (Å²) in [4.78, 5) is 23.3. The molecule has 5 rings (SSSR count). The molecule has 3 heterocycles. The fraction of sp³-hybridized carbons (Fsp3) is 0.222. The molecule has 2 aromatic carbocycles. The first kappa shape index (κ1) is 23.1. The number of fused-ring (bicyclic) bond motifs is 1. The van der Waals surface area contributed by atoms with E-state index in [2.05, 4.69) is 9.97 Å². The number of nitrogens with zero attached hydrogens (tertiary/aromatic N) is 6. The molecular formula is C27H25N7O2. The van der Waals surface area contributed by atoms with Crippen LogP contribution >= 0.6 is 0 Å². The zero-order valence-electron chi connectivity index (χ0n) is 19.8. The van der Waals surface area contributed by atoms with Crippen LogP contribution in [-0.2, 0) is 11.3 Å². The number of ether oxygens (including phenoxy) is 1. The van der Waals surface area contributed by atoms with Gasteiger partial charge in [-0.2, -0.15) is 10.4 Å². The van der Waals surface area contributed by atoms with Crippen LogP contribution in [0.25, 0.3) is 22.3 Å². The Kier molecular flexibility index (Phi) is 6.33. The Bertz CT molecular complexity index is 1470. The molecule has 36 heavy (non-hydrogen) atoms. The second-order valence-electron chi connectivity index (χ2n) is 8.54. The Labute approximate surface area is 208 Å². The van der Waals surface area contributed by atoms with Gasteiger partial charge in [0.15, 0.2) is 5.65 Å². The number of nitrogens with two attached hydrogens (primary N) is 1. The first-order chi connectivity index (χ1) is 17.6. The number of amides is 1. The van der Waals surface area contributed by atoms with Crippen molar-refractivity contribution in [2.45, 2.75) is 32.4 Å². The monoisotopic (exact) mass is 479 g/mol. The molecule has 2 aromatic heterocycles. The van der Waals surface area contributed by atoms with E-state index in [1.54, 1.807) is 22.6 Å². The maximum Gasteiger partial charge on any atom is 0.264 e. The number of nitriles is 1. The number of allylic oxidation sites excluding steroid dienone is 1. The minimum absolute atomic E-state index is 0.102. The van der Waals surface area contributed by atoms with Gasteiger partial charge in [-0.1, -0.05) is 24.3 Å². The molecular weight excluding hydrogens is 454 g/mol. The fourth-order valence-corrected chi connectivity index (χ4v) is 4.55. The first-order valence-electron chi connectivity index (χ1n) is 11.8. The van der Waals surface area contributed by atoms with Crippen LogP contribution < -0.4 is 10.5 Å². The van der Waals surface area contributed by atoms with Crippen LogP contribution in [0.3, 0.4) is 0 Å². The summed E-state index contributed by atoms with van der Waals surface area (Å²) >= 11 is 0. The van der Waals surface area contributed by atoms with Crippen molar-refractivity contribution < 1.29 is 9.53 Å². The molecule has 9 nitrogen and oxygen atoms in total. The van der Waals surface area contributed by atoms with Gasteiger partial charge in [-0.15, -0.1) is 0 Å². The highest BCUT2D eigenvalue weighted by Crippen LogP contribution is 2.33. The molecule has 1 atom stereocenters. The average molecular weight is 480 g/mol. The van der Waals surface area contributed by atoms with Crippen molar-refractivity contribution in [3.05, 3.63) is 72.6 Å². The van der Waals surface area contributed by atoms with Crippen LogP contribution in [-0.4, -0.2) is 43.1 Å². The van der Waals surface area contributed by atoms with Crippen molar-refractivity contribution in [3.8, 4) is 28.8 Å². The summed E-state index contributed by atoms with van der Waals surface area (Å²) in [6, 6.07) is 19.1. The van der Waals surface area contributed by atoms with E-state index in [1.807, 2.05) is 60.7 Å². The lowest BCUT2D eigenvalue weighted by molar-refractivity contribution is -0.127. The zero-order valence-corrected chi connectivity index (χ0v) is 19.8. The average Bonchev–Trinajstić information content (AvgIpc) is 3.52. The van der Waals surface area contributed by atoms with Gasteiger partial charge < -0.3 is 15.4 Å². The normalized spacial score (nSPS) is 15.7. The number of carbonyl (C=O) groups excluding carboxylic acids is 1. The Hall–Kier alpha value is -4.71. The van der Waals surface area contributed by atoms with Crippen LogP contribution in [0, 0.1) is 11.3 Å². The van der Waals surface area contributed by atoms with Crippen molar-refractivity contribution >= 4 is 22.8 Å². The van der Waals surface area contributed by atoms with Crippen LogP contribution in [0.2, 0.25) is 0 Å². The van der Waals surface area contributed by atoms with Crippen molar-refractivity contribution in [1.82, 2.24) is 24.6 Å². The van der Waals surface area contributed by atoms with Crippen LogP contribution in [0.1, 0.15) is 19.8 Å². The molecule has 1 amide bonds. The molecule has 2 N–H and O–H groups in total. The van der Waals surface area contributed by atoms with Crippen molar-refractivity contribution in [3.63, 3.8) is 0 Å². The molecule has 0 spiro atoms. The lowest BCUT2D eigenvalue weighted by Gasteiger charge is -2.24. The van der Waals surface area contributed by atoms with Crippen LogP contribution in [0.15, 0.2) is 72.6 Å². The Morgan fingerprint density at radius 3 is 2.64 bits per heavy atom. The lowest BCUT2D eigenvalue weighted by atomic mass is 10.1. The van der Waals surface area contributed by atoms with Gasteiger partial charge in [0.25, 0.3) is 5.91 Å². The standard InChI is InChI=1S/C27H25N7O2/c1-2-18(15-28)27(35)33-14-6-7-20(33)16-34-26-23(25(29)30-17-31-26)24(32-34)19-10-12-22(13-11-19)36-21-8-4-3-5-9-21/h2-5,8-13,17,20H,6-7,14,16H2,1H3,(H2,29,30,31)/b18-2+. The molecule has 1 unspecified atom stereocenters. The van der Waals surface area contributed by atoms with Crippen molar-refractivity contribution in [2.75, 3.05) is 12.3 Å². The molecule has 0 bridgehead atoms. The molecule has 9 heteroatoms. The van der Waals surface area contributed by atoms with E-state index in [-0.39, 0.29) is 17.5 Å². The molecule has 1 aliphatic rings. The maximum absolute atomic E-state index is 12.9. The van der Waals surface area contributed by atoms with Gasteiger partial charge >= 0.3 is 0 Å². The second kappa shape index (κ2) is 9.88. The largest absolute Gasteiger partial charge is 0.457 e. The second-order valence-corrected chi connectivity index (χ2v) is 8.54. The minimum atomic E-state index is -0.248. The van der Waals surface area contributed by atoms with Crippen molar-refractivity contribution in [2.24, 2.45) is 0 Å². The molecule has 1 saturated heterocycles. The summed E-state index contributed by atoms with van der Waals surface area (Å²) in [7, 11) is 0. The topological polar surface area (TPSA) is 123 Å². The molecule has 1 fully saturated rings. The quantitative estimate of drug-likeness (QED) is 0.322. The number of hydrogen-bond donors (Lipinski definition) is 1. The number of nitrogen functional groups attached to an aromatic ring is 1. The smallest absolute Gasteiger partial charge is 0.264 e. The fourth-order valence-electron chi connectivity index (χ4n) is 4.55. The summed E-state index contributed by atoms with van der Waals surface area (Å²) in [5.74, 6) is 1.55. The summed E-state index contributed by atoms with van der Waals surface area (Å²) < 4.78 is 7.69. The maximum atomic E-state index is 12.9. The summed E-state index contributed by atoms with van der Waals surface area (Å²) in [5.41, 5.74) is 8.53. The Balaban J connectivity index is 1.46. The first-order valence-corrected chi connectivity index (χ1v) is 11.8. The Morgan fingerprint density at radius 2 is 1.92 bits per heavy atom. The number of carbonyl (C=O) groups is 1. The zero-order chi connectivity index (χ0) is 25.1. The lowest BCUT2D eigenvalue weighted by Crippen LogP contribution is -2.39. The molecule has 1 aliphatic heterocycles. The van der Waals surface area contributed by atoms with E-state index in [4.69, 9.17) is 15.6 Å². The van der Waals surface area contributed by atoms with Gasteiger partial charge in [0.2, 0.25) is 0 Å². The van der Waals surface area contributed by atoms with Gasteiger partial charge in [0.1, 0.15) is 41.0 Å².